The molecule has 0 saturated carbocycles. The first-order chi connectivity index (χ1) is 13.2. The third kappa shape index (κ3) is 4.61. The van der Waals surface area contributed by atoms with Gasteiger partial charge >= 0.3 is 5.97 Å². The molecule has 1 aromatic rings. The SMILES string of the molecule is CC(=O)c1cccc(N2C(=NC(=O)CCCC(=O)O)S[C@@H]3CS(=O)(=O)C[C@@H]32)c1. The number of fused-ring (bicyclic) bond motifs is 1. The number of carbonyl (C=O) groups is 3. The highest BCUT2D eigenvalue weighted by Gasteiger charge is 2.49. The number of carboxylic acids is 1. The zero-order chi connectivity index (χ0) is 20.5. The van der Waals surface area contributed by atoms with E-state index in [2.05, 4.69) is 4.99 Å². The van der Waals surface area contributed by atoms with Crippen LogP contribution in [0.5, 0.6) is 0 Å². The summed E-state index contributed by atoms with van der Waals surface area (Å²) in [6.07, 6.45) is 0.0829. The van der Waals surface area contributed by atoms with E-state index in [0.29, 0.717) is 16.4 Å². The first-order valence-corrected chi connectivity index (χ1v) is 11.5. The highest BCUT2D eigenvalue weighted by Crippen LogP contribution is 2.41. The number of rotatable bonds is 6. The average molecular weight is 425 g/mol. The third-order valence-electron chi connectivity index (χ3n) is 4.60. The summed E-state index contributed by atoms with van der Waals surface area (Å²) in [6.45, 7) is 1.45. The maximum atomic E-state index is 12.2. The van der Waals surface area contributed by atoms with E-state index in [0.717, 1.165) is 0 Å². The number of benzene rings is 1. The number of aliphatic carboxylic acids is 1. The van der Waals surface area contributed by atoms with E-state index in [-0.39, 0.29) is 47.8 Å². The van der Waals surface area contributed by atoms with Crippen molar-refractivity contribution >= 4 is 50.1 Å². The first kappa shape index (κ1) is 20.5. The zero-order valence-electron chi connectivity index (χ0n) is 15.2. The van der Waals surface area contributed by atoms with Crippen molar-refractivity contribution in [2.24, 2.45) is 4.99 Å². The van der Waals surface area contributed by atoms with E-state index in [9.17, 15) is 22.8 Å². The van der Waals surface area contributed by atoms with Crippen molar-refractivity contribution in [3.05, 3.63) is 29.8 Å². The molecule has 1 aromatic carbocycles. The van der Waals surface area contributed by atoms with Gasteiger partial charge in [0.2, 0.25) is 5.91 Å². The van der Waals surface area contributed by atoms with Crippen molar-refractivity contribution in [1.29, 1.82) is 0 Å². The van der Waals surface area contributed by atoms with Crippen molar-refractivity contribution < 1.29 is 27.9 Å². The Morgan fingerprint density at radius 1 is 1.25 bits per heavy atom. The van der Waals surface area contributed by atoms with Crippen molar-refractivity contribution in [2.45, 2.75) is 37.5 Å². The van der Waals surface area contributed by atoms with Crippen molar-refractivity contribution in [3.63, 3.8) is 0 Å². The number of carbonyl (C=O) groups excluding carboxylic acids is 2. The number of amides is 1. The number of hydrogen-bond donors (Lipinski definition) is 1. The van der Waals surface area contributed by atoms with Gasteiger partial charge in [0, 0.05) is 29.3 Å². The Morgan fingerprint density at radius 2 is 2.00 bits per heavy atom. The third-order valence-corrected chi connectivity index (χ3v) is 7.81. The molecule has 2 saturated heterocycles. The number of amidine groups is 1. The lowest BCUT2D eigenvalue weighted by Crippen LogP contribution is -2.37. The van der Waals surface area contributed by atoms with Gasteiger partial charge in [-0.3, -0.25) is 14.4 Å². The molecule has 8 nitrogen and oxygen atoms in total. The zero-order valence-corrected chi connectivity index (χ0v) is 16.8. The molecule has 2 fully saturated rings. The fraction of sp³-hybridized carbons (Fsp3) is 0.444. The van der Waals surface area contributed by atoms with Gasteiger partial charge < -0.3 is 10.0 Å². The van der Waals surface area contributed by atoms with Gasteiger partial charge in [-0.25, -0.2) is 8.42 Å². The summed E-state index contributed by atoms with van der Waals surface area (Å²) in [6, 6.07) is 6.44. The highest BCUT2D eigenvalue weighted by molar-refractivity contribution is 8.16. The fourth-order valence-electron chi connectivity index (χ4n) is 3.29. The molecule has 1 amide bonds. The van der Waals surface area contributed by atoms with Crippen LogP contribution < -0.4 is 4.90 Å². The topological polar surface area (TPSA) is 121 Å². The van der Waals surface area contributed by atoms with Crippen LogP contribution in [0.25, 0.3) is 0 Å². The van der Waals surface area contributed by atoms with E-state index in [4.69, 9.17) is 5.11 Å². The number of aliphatic imine (C=N–C) groups is 1. The fourth-order valence-corrected chi connectivity index (χ4v) is 7.23. The standard InChI is InChI=1S/C18H20N2O6S2/c1-11(21)12-4-2-5-13(8-12)20-14-9-28(25,26)10-15(14)27-18(20)19-16(22)6-3-7-17(23)24/h2,4-5,8,14-15H,3,6-7,9-10H2,1H3,(H,23,24)/t14-,15+/m0/s1. The quantitative estimate of drug-likeness (QED) is 0.686. The number of ketones is 1. The van der Waals surface area contributed by atoms with Crippen molar-refractivity contribution in [3.8, 4) is 0 Å². The summed E-state index contributed by atoms with van der Waals surface area (Å²) >= 11 is 1.24. The van der Waals surface area contributed by atoms with E-state index in [1.165, 1.54) is 18.7 Å². The summed E-state index contributed by atoms with van der Waals surface area (Å²) < 4.78 is 24.1. The summed E-state index contributed by atoms with van der Waals surface area (Å²) in [7, 11) is -3.18. The number of Topliss-reactive ketones (excluding diaryl/α,β-unsaturated/α-hetero) is 1. The molecule has 3 rings (SSSR count). The van der Waals surface area contributed by atoms with Crippen LogP contribution in [0.15, 0.2) is 29.3 Å². The monoisotopic (exact) mass is 424 g/mol. The molecular formula is C18H20N2O6S2. The largest absolute Gasteiger partial charge is 0.481 e. The van der Waals surface area contributed by atoms with Gasteiger partial charge in [0.15, 0.2) is 20.8 Å². The Morgan fingerprint density at radius 3 is 2.68 bits per heavy atom. The molecule has 0 aliphatic carbocycles. The predicted octanol–water partition coefficient (Wildman–Crippen LogP) is 1.75. The molecule has 0 radical (unpaired) electrons. The molecule has 2 aliphatic rings. The lowest BCUT2D eigenvalue weighted by Gasteiger charge is -2.24. The summed E-state index contributed by atoms with van der Waals surface area (Å²) in [5.41, 5.74) is 1.10. The summed E-state index contributed by atoms with van der Waals surface area (Å²) in [5.74, 6) is -1.57. The molecule has 2 heterocycles. The molecular weight excluding hydrogens is 404 g/mol. The predicted molar refractivity (Wildman–Crippen MR) is 107 cm³/mol. The number of hydrogen-bond acceptors (Lipinski definition) is 6. The normalized spacial score (nSPS) is 24.3. The van der Waals surface area contributed by atoms with E-state index in [1.54, 1.807) is 29.2 Å². The average Bonchev–Trinajstić information content (AvgIpc) is 3.05. The maximum absolute atomic E-state index is 12.2. The second-order valence-corrected chi connectivity index (χ2v) is 10.2. The van der Waals surface area contributed by atoms with Crippen LogP contribution in [-0.2, 0) is 19.4 Å². The summed E-state index contributed by atoms with van der Waals surface area (Å²) in [5, 5.41) is 8.84. The number of anilines is 1. The summed E-state index contributed by atoms with van der Waals surface area (Å²) in [4.78, 5) is 40.4. The van der Waals surface area contributed by atoms with Gasteiger partial charge in [-0.05, 0) is 25.5 Å². The van der Waals surface area contributed by atoms with Crippen molar-refractivity contribution in [2.75, 3.05) is 16.4 Å². The van der Waals surface area contributed by atoms with Crippen LogP contribution in [0.2, 0.25) is 0 Å². The lowest BCUT2D eigenvalue weighted by atomic mass is 10.1. The van der Waals surface area contributed by atoms with Crippen LogP contribution >= 0.6 is 11.8 Å². The molecule has 28 heavy (non-hydrogen) atoms. The van der Waals surface area contributed by atoms with Crippen LogP contribution in [0, 0.1) is 0 Å². The van der Waals surface area contributed by atoms with Gasteiger partial charge in [-0.2, -0.15) is 4.99 Å². The second-order valence-electron chi connectivity index (χ2n) is 6.81. The van der Waals surface area contributed by atoms with Gasteiger partial charge in [-0.15, -0.1) is 0 Å². The van der Waals surface area contributed by atoms with Crippen molar-refractivity contribution in [1.82, 2.24) is 0 Å². The maximum Gasteiger partial charge on any atom is 0.303 e. The number of nitrogens with zero attached hydrogens (tertiary/aromatic N) is 2. The van der Waals surface area contributed by atoms with Gasteiger partial charge in [0.1, 0.15) is 0 Å². The first-order valence-electron chi connectivity index (χ1n) is 8.77. The smallest absolute Gasteiger partial charge is 0.303 e. The van der Waals surface area contributed by atoms with Gasteiger partial charge in [-0.1, -0.05) is 23.9 Å². The molecule has 2 aliphatic heterocycles. The Bertz CT molecular complexity index is 957. The second kappa shape index (κ2) is 8.04. The molecule has 0 unspecified atom stereocenters. The number of thioether (sulfide) groups is 1. The molecule has 0 bridgehead atoms. The van der Waals surface area contributed by atoms with Crippen LogP contribution in [0.3, 0.4) is 0 Å². The lowest BCUT2D eigenvalue weighted by molar-refractivity contribution is -0.137. The minimum absolute atomic E-state index is 0.00528. The molecule has 150 valence electrons. The van der Waals surface area contributed by atoms with E-state index in [1.807, 2.05) is 0 Å². The molecule has 2 atom stereocenters. The van der Waals surface area contributed by atoms with Crippen LogP contribution in [-0.4, -0.2) is 59.1 Å². The highest BCUT2D eigenvalue weighted by atomic mass is 32.2. The minimum Gasteiger partial charge on any atom is -0.481 e. The Hall–Kier alpha value is -2.20. The van der Waals surface area contributed by atoms with Gasteiger partial charge in [0.05, 0.1) is 17.5 Å². The van der Waals surface area contributed by atoms with Gasteiger partial charge in [0.25, 0.3) is 0 Å². The molecule has 0 aromatic heterocycles. The molecule has 0 spiro atoms. The number of carboxylic acid groups (broad SMARTS) is 1. The minimum atomic E-state index is -3.18. The van der Waals surface area contributed by atoms with Crippen LogP contribution in [0.1, 0.15) is 36.5 Å². The van der Waals surface area contributed by atoms with E-state index >= 15 is 0 Å². The number of sulfone groups is 1. The molecule has 10 heteroatoms. The Kier molecular flexibility index (Phi) is 5.90. The Balaban J connectivity index is 1.90. The van der Waals surface area contributed by atoms with E-state index < -0.39 is 21.7 Å². The van der Waals surface area contributed by atoms with Crippen LogP contribution in [0.4, 0.5) is 5.69 Å². The Labute approximate surface area is 166 Å². The molecule has 1 N–H and O–H groups in total.